The van der Waals surface area contributed by atoms with Crippen LogP contribution in [0.15, 0.2) is 36.5 Å². The molecule has 1 heterocycles. The number of aliphatic hydroxyl groups excluding tert-OH is 1. The smallest absolute Gasteiger partial charge is 0.248 e. The van der Waals surface area contributed by atoms with Gasteiger partial charge in [0.05, 0.1) is 17.9 Å². The van der Waals surface area contributed by atoms with Crippen LogP contribution in [-0.2, 0) is 6.61 Å². The van der Waals surface area contributed by atoms with Crippen molar-refractivity contribution >= 4 is 5.91 Å². The maximum atomic E-state index is 11.0. The van der Waals surface area contributed by atoms with E-state index < -0.39 is 5.91 Å². The molecule has 0 aliphatic carbocycles. The number of nitriles is 1. The van der Waals surface area contributed by atoms with Crippen molar-refractivity contribution in [3.05, 3.63) is 53.2 Å². The Morgan fingerprint density at radius 1 is 1.37 bits per heavy atom. The molecule has 94 valence electrons. The van der Waals surface area contributed by atoms with E-state index in [0.717, 1.165) is 0 Å². The molecular weight excluding hydrogens is 242 g/mol. The van der Waals surface area contributed by atoms with Crippen LogP contribution in [0.5, 0.6) is 0 Å². The van der Waals surface area contributed by atoms with Gasteiger partial charge in [-0.25, -0.2) is 0 Å². The van der Waals surface area contributed by atoms with Gasteiger partial charge < -0.3 is 10.8 Å². The molecular formula is C14H11N3O2. The predicted molar refractivity (Wildman–Crippen MR) is 68.8 cm³/mol. The third-order valence-electron chi connectivity index (χ3n) is 2.69. The summed E-state index contributed by atoms with van der Waals surface area (Å²) in [6.07, 6.45) is 1.51. The Morgan fingerprint density at radius 3 is 2.58 bits per heavy atom. The van der Waals surface area contributed by atoms with Crippen molar-refractivity contribution in [2.45, 2.75) is 6.61 Å². The fourth-order valence-corrected chi connectivity index (χ4v) is 1.70. The Bertz CT molecular complexity index is 657. The summed E-state index contributed by atoms with van der Waals surface area (Å²) in [6.45, 7) is -0.164. The summed E-state index contributed by atoms with van der Waals surface area (Å²) in [5.41, 5.74) is 7.73. The van der Waals surface area contributed by atoms with E-state index >= 15 is 0 Å². The SMILES string of the molecule is N#Cc1cc(CO)cnc1-c1ccc(C(N)=O)cc1. The second kappa shape index (κ2) is 5.29. The van der Waals surface area contributed by atoms with Gasteiger partial charge in [-0.05, 0) is 23.8 Å². The average molecular weight is 253 g/mol. The fraction of sp³-hybridized carbons (Fsp3) is 0.0714. The van der Waals surface area contributed by atoms with Crippen molar-refractivity contribution in [2.75, 3.05) is 0 Å². The zero-order valence-electron chi connectivity index (χ0n) is 10.00. The van der Waals surface area contributed by atoms with Crippen molar-refractivity contribution in [3.63, 3.8) is 0 Å². The Kier molecular flexibility index (Phi) is 3.55. The van der Waals surface area contributed by atoms with Crippen molar-refractivity contribution in [3.8, 4) is 17.3 Å². The van der Waals surface area contributed by atoms with E-state index in [1.54, 1.807) is 30.3 Å². The van der Waals surface area contributed by atoms with E-state index in [-0.39, 0.29) is 6.61 Å². The molecule has 19 heavy (non-hydrogen) atoms. The van der Waals surface area contributed by atoms with Crippen LogP contribution in [0.4, 0.5) is 0 Å². The average Bonchev–Trinajstić information content (AvgIpc) is 2.46. The first-order chi connectivity index (χ1) is 9.15. The van der Waals surface area contributed by atoms with Crippen LogP contribution in [0.1, 0.15) is 21.5 Å². The molecule has 0 atom stereocenters. The summed E-state index contributed by atoms with van der Waals surface area (Å²) in [5, 5.41) is 18.1. The summed E-state index contributed by atoms with van der Waals surface area (Å²) in [6, 6.07) is 10.2. The minimum absolute atomic E-state index is 0.164. The third-order valence-corrected chi connectivity index (χ3v) is 2.69. The summed E-state index contributed by atoms with van der Waals surface area (Å²) in [7, 11) is 0. The Labute approximate surface area is 109 Å². The highest BCUT2D eigenvalue weighted by Crippen LogP contribution is 2.22. The van der Waals surface area contributed by atoms with Gasteiger partial charge in [0.15, 0.2) is 0 Å². The largest absolute Gasteiger partial charge is 0.392 e. The first-order valence-corrected chi connectivity index (χ1v) is 5.56. The van der Waals surface area contributed by atoms with Crippen molar-refractivity contribution in [1.82, 2.24) is 4.98 Å². The number of carbonyl (C=O) groups is 1. The van der Waals surface area contributed by atoms with Crippen LogP contribution in [0, 0.1) is 11.3 Å². The highest BCUT2D eigenvalue weighted by atomic mass is 16.3. The Balaban J connectivity index is 2.47. The van der Waals surface area contributed by atoms with Crippen LogP contribution in [0.25, 0.3) is 11.3 Å². The number of primary amides is 1. The Hall–Kier alpha value is -2.71. The number of aromatic nitrogens is 1. The fourth-order valence-electron chi connectivity index (χ4n) is 1.70. The van der Waals surface area contributed by atoms with Crippen LogP contribution < -0.4 is 5.73 Å². The molecule has 3 N–H and O–H groups in total. The normalized spacial score (nSPS) is 9.89. The first kappa shape index (κ1) is 12.7. The van der Waals surface area contributed by atoms with Crippen molar-refractivity contribution in [1.29, 1.82) is 5.26 Å². The molecule has 0 radical (unpaired) electrons. The number of benzene rings is 1. The molecule has 1 amide bonds. The number of nitrogens with zero attached hydrogens (tertiary/aromatic N) is 2. The van der Waals surface area contributed by atoms with E-state index in [4.69, 9.17) is 16.1 Å². The molecule has 0 aliphatic rings. The molecule has 0 unspecified atom stereocenters. The van der Waals surface area contributed by atoms with E-state index in [0.29, 0.717) is 27.9 Å². The highest BCUT2D eigenvalue weighted by Gasteiger charge is 2.08. The monoisotopic (exact) mass is 253 g/mol. The minimum Gasteiger partial charge on any atom is -0.392 e. The lowest BCUT2D eigenvalue weighted by Crippen LogP contribution is -2.10. The molecule has 0 bridgehead atoms. The molecule has 2 aromatic rings. The van der Waals surface area contributed by atoms with Gasteiger partial charge in [0, 0.05) is 17.3 Å². The third kappa shape index (κ3) is 2.59. The molecule has 0 spiro atoms. The van der Waals surface area contributed by atoms with E-state index in [1.807, 2.05) is 6.07 Å². The van der Waals surface area contributed by atoms with E-state index in [2.05, 4.69) is 4.98 Å². The molecule has 0 saturated carbocycles. The van der Waals surface area contributed by atoms with Gasteiger partial charge in [-0.15, -0.1) is 0 Å². The summed E-state index contributed by atoms with van der Waals surface area (Å²) in [4.78, 5) is 15.1. The number of rotatable bonds is 3. The molecule has 0 aliphatic heterocycles. The number of aliphatic hydroxyl groups is 1. The Morgan fingerprint density at radius 2 is 2.05 bits per heavy atom. The number of pyridine rings is 1. The second-order valence-electron chi connectivity index (χ2n) is 3.95. The number of nitrogens with two attached hydrogens (primary N) is 1. The highest BCUT2D eigenvalue weighted by molar-refractivity contribution is 5.93. The standard InChI is InChI=1S/C14H11N3O2/c15-6-12-5-9(8-18)7-17-13(12)10-1-3-11(4-2-10)14(16)19/h1-5,7,18H,8H2,(H2,16,19). The number of hydrogen-bond acceptors (Lipinski definition) is 4. The maximum Gasteiger partial charge on any atom is 0.248 e. The molecule has 5 nitrogen and oxygen atoms in total. The number of amides is 1. The first-order valence-electron chi connectivity index (χ1n) is 5.56. The van der Waals surface area contributed by atoms with Gasteiger partial charge in [0.2, 0.25) is 5.91 Å². The zero-order valence-corrected chi connectivity index (χ0v) is 10.00. The molecule has 1 aromatic heterocycles. The zero-order chi connectivity index (χ0) is 13.8. The quantitative estimate of drug-likeness (QED) is 0.858. The lowest BCUT2D eigenvalue weighted by Gasteiger charge is -2.05. The topological polar surface area (TPSA) is 100 Å². The second-order valence-corrected chi connectivity index (χ2v) is 3.95. The molecule has 5 heteroatoms. The number of carbonyl (C=O) groups excluding carboxylic acids is 1. The van der Waals surface area contributed by atoms with Crippen LogP contribution in [0.2, 0.25) is 0 Å². The van der Waals surface area contributed by atoms with Gasteiger partial charge >= 0.3 is 0 Å². The van der Waals surface area contributed by atoms with Gasteiger partial charge in [0.1, 0.15) is 6.07 Å². The van der Waals surface area contributed by atoms with Gasteiger partial charge in [-0.2, -0.15) is 5.26 Å². The van der Waals surface area contributed by atoms with Gasteiger partial charge in [-0.1, -0.05) is 12.1 Å². The summed E-state index contributed by atoms with van der Waals surface area (Å²) in [5.74, 6) is -0.504. The van der Waals surface area contributed by atoms with Crippen LogP contribution in [-0.4, -0.2) is 16.0 Å². The minimum atomic E-state index is -0.504. The van der Waals surface area contributed by atoms with Crippen LogP contribution >= 0.6 is 0 Å². The van der Waals surface area contributed by atoms with Crippen molar-refractivity contribution in [2.24, 2.45) is 5.73 Å². The van der Waals surface area contributed by atoms with Crippen molar-refractivity contribution < 1.29 is 9.90 Å². The van der Waals surface area contributed by atoms with Crippen LogP contribution in [0.3, 0.4) is 0 Å². The molecule has 0 saturated heterocycles. The summed E-state index contributed by atoms with van der Waals surface area (Å²) >= 11 is 0. The summed E-state index contributed by atoms with van der Waals surface area (Å²) < 4.78 is 0. The van der Waals surface area contributed by atoms with E-state index in [1.165, 1.54) is 6.20 Å². The number of hydrogen-bond donors (Lipinski definition) is 2. The predicted octanol–water partition coefficient (Wildman–Crippen LogP) is 1.21. The molecule has 0 fully saturated rings. The lowest BCUT2D eigenvalue weighted by molar-refractivity contribution is 0.100. The maximum absolute atomic E-state index is 11.0. The lowest BCUT2D eigenvalue weighted by atomic mass is 10.0. The van der Waals surface area contributed by atoms with Gasteiger partial charge in [0.25, 0.3) is 0 Å². The van der Waals surface area contributed by atoms with Gasteiger partial charge in [-0.3, -0.25) is 9.78 Å². The molecule has 2 rings (SSSR count). The van der Waals surface area contributed by atoms with E-state index in [9.17, 15) is 4.79 Å². The molecule has 1 aromatic carbocycles.